The molecular formula is C17H12FNO. The second kappa shape index (κ2) is 5.53. The molecule has 0 bridgehead atoms. The molecule has 2 nitrogen and oxygen atoms in total. The molecule has 0 saturated carbocycles. The molecule has 98 valence electrons. The molecule has 3 aromatic rings. The lowest BCUT2D eigenvalue weighted by Gasteiger charge is -2.11. The smallest absolute Gasteiger partial charge is 0.219 e. The van der Waals surface area contributed by atoms with Gasteiger partial charge in [-0.3, -0.25) is 0 Å². The molecule has 0 aliphatic heterocycles. The monoisotopic (exact) mass is 265 g/mol. The van der Waals surface area contributed by atoms with Crippen LogP contribution in [0.3, 0.4) is 0 Å². The standard InChI is InChI=1S/C17H12FNO/c18-15-10-6-9-14(13-7-2-1-3-8-13)17(15)20-16-11-4-5-12-19-16/h1-12H. The first-order valence-electron chi connectivity index (χ1n) is 6.27. The number of halogens is 1. The maximum absolute atomic E-state index is 14.1. The minimum absolute atomic E-state index is 0.192. The van der Waals surface area contributed by atoms with Crippen molar-refractivity contribution in [2.24, 2.45) is 0 Å². The van der Waals surface area contributed by atoms with Crippen molar-refractivity contribution >= 4 is 0 Å². The lowest BCUT2D eigenvalue weighted by Crippen LogP contribution is -1.93. The minimum Gasteiger partial charge on any atom is -0.435 e. The van der Waals surface area contributed by atoms with Gasteiger partial charge in [-0.05, 0) is 17.7 Å². The third kappa shape index (κ3) is 2.52. The molecule has 0 atom stereocenters. The van der Waals surface area contributed by atoms with Gasteiger partial charge in [0, 0.05) is 17.8 Å². The first-order valence-corrected chi connectivity index (χ1v) is 6.27. The summed E-state index contributed by atoms with van der Waals surface area (Å²) in [6, 6.07) is 19.7. The summed E-state index contributed by atoms with van der Waals surface area (Å²) < 4.78 is 19.7. The van der Waals surface area contributed by atoms with Crippen LogP contribution in [0.4, 0.5) is 4.39 Å². The molecular weight excluding hydrogens is 253 g/mol. The topological polar surface area (TPSA) is 22.1 Å². The van der Waals surface area contributed by atoms with E-state index in [0.717, 1.165) is 5.56 Å². The lowest BCUT2D eigenvalue weighted by atomic mass is 10.0. The molecule has 0 fully saturated rings. The van der Waals surface area contributed by atoms with Crippen molar-refractivity contribution in [2.45, 2.75) is 0 Å². The molecule has 0 amide bonds. The fraction of sp³-hybridized carbons (Fsp3) is 0. The normalized spacial score (nSPS) is 10.2. The third-order valence-corrected chi connectivity index (χ3v) is 2.90. The number of para-hydroxylation sites is 1. The van der Waals surface area contributed by atoms with E-state index in [4.69, 9.17) is 4.74 Å². The maximum Gasteiger partial charge on any atom is 0.219 e. The summed E-state index contributed by atoms with van der Waals surface area (Å²) in [6.07, 6.45) is 1.61. The Hall–Kier alpha value is -2.68. The van der Waals surface area contributed by atoms with Crippen LogP contribution >= 0.6 is 0 Å². The Kier molecular flexibility index (Phi) is 3.42. The van der Waals surface area contributed by atoms with E-state index < -0.39 is 5.82 Å². The Balaban J connectivity index is 2.06. The molecule has 20 heavy (non-hydrogen) atoms. The Labute approximate surface area is 116 Å². The maximum atomic E-state index is 14.1. The van der Waals surface area contributed by atoms with Gasteiger partial charge in [0.2, 0.25) is 5.88 Å². The highest BCUT2D eigenvalue weighted by Crippen LogP contribution is 2.34. The molecule has 0 saturated heterocycles. The molecule has 0 aliphatic carbocycles. The van der Waals surface area contributed by atoms with E-state index in [1.54, 1.807) is 30.5 Å². The number of hydrogen-bond donors (Lipinski definition) is 0. The fourth-order valence-corrected chi connectivity index (χ4v) is 1.97. The highest BCUT2D eigenvalue weighted by molar-refractivity contribution is 5.70. The van der Waals surface area contributed by atoms with Crippen LogP contribution in [0.5, 0.6) is 11.6 Å². The molecule has 1 heterocycles. The van der Waals surface area contributed by atoms with Gasteiger partial charge in [0.05, 0.1) is 0 Å². The Bertz CT molecular complexity index is 699. The van der Waals surface area contributed by atoms with Crippen LogP contribution in [-0.4, -0.2) is 4.98 Å². The highest BCUT2D eigenvalue weighted by atomic mass is 19.1. The van der Waals surface area contributed by atoms with Gasteiger partial charge in [0.25, 0.3) is 0 Å². The summed E-state index contributed by atoms with van der Waals surface area (Å²) in [7, 11) is 0. The van der Waals surface area contributed by atoms with Crippen molar-refractivity contribution in [3.8, 4) is 22.8 Å². The average Bonchev–Trinajstić information content (AvgIpc) is 2.51. The number of ether oxygens (including phenoxy) is 1. The second-order valence-corrected chi connectivity index (χ2v) is 4.25. The molecule has 0 N–H and O–H groups in total. The van der Waals surface area contributed by atoms with Crippen LogP contribution in [0.2, 0.25) is 0 Å². The zero-order chi connectivity index (χ0) is 13.8. The zero-order valence-corrected chi connectivity index (χ0v) is 10.7. The largest absolute Gasteiger partial charge is 0.435 e. The van der Waals surface area contributed by atoms with E-state index in [2.05, 4.69) is 4.98 Å². The first kappa shape index (κ1) is 12.4. The number of nitrogens with zero attached hydrogens (tertiary/aromatic N) is 1. The number of benzene rings is 2. The van der Waals surface area contributed by atoms with Crippen LogP contribution in [0.15, 0.2) is 72.9 Å². The van der Waals surface area contributed by atoms with E-state index in [1.807, 2.05) is 36.4 Å². The van der Waals surface area contributed by atoms with Gasteiger partial charge in [-0.2, -0.15) is 0 Å². The summed E-state index contributed by atoms with van der Waals surface area (Å²) in [5.74, 6) is 0.157. The molecule has 2 aromatic carbocycles. The van der Waals surface area contributed by atoms with Crippen molar-refractivity contribution in [1.82, 2.24) is 4.98 Å². The first-order chi connectivity index (χ1) is 9.84. The lowest BCUT2D eigenvalue weighted by molar-refractivity contribution is 0.429. The summed E-state index contributed by atoms with van der Waals surface area (Å²) in [5.41, 5.74) is 1.61. The number of hydrogen-bond acceptors (Lipinski definition) is 2. The average molecular weight is 265 g/mol. The van der Waals surface area contributed by atoms with Crippen molar-refractivity contribution in [2.75, 3.05) is 0 Å². The molecule has 0 unspecified atom stereocenters. The van der Waals surface area contributed by atoms with Crippen LogP contribution in [-0.2, 0) is 0 Å². The highest BCUT2D eigenvalue weighted by Gasteiger charge is 2.12. The van der Waals surface area contributed by atoms with Gasteiger partial charge in [0.1, 0.15) is 0 Å². The summed E-state index contributed by atoms with van der Waals surface area (Å²) >= 11 is 0. The van der Waals surface area contributed by atoms with Crippen molar-refractivity contribution in [3.63, 3.8) is 0 Å². The minimum atomic E-state index is -0.406. The summed E-state index contributed by atoms with van der Waals surface area (Å²) in [5, 5.41) is 0. The molecule has 0 radical (unpaired) electrons. The second-order valence-electron chi connectivity index (χ2n) is 4.25. The van der Waals surface area contributed by atoms with Gasteiger partial charge in [0.15, 0.2) is 11.6 Å². The van der Waals surface area contributed by atoms with Crippen LogP contribution in [0.25, 0.3) is 11.1 Å². The SMILES string of the molecule is Fc1cccc(-c2ccccc2)c1Oc1ccccn1. The van der Waals surface area contributed by atoms with E-state index >= 15 is 0 Å². The molecule has 3 rings (SSSR count). The quantitative estimate of drug-likeness (QED) is 0.686. The van der Waals surface area contributed by atoms with E-state index in [0.29, 0.717) is 11.4 Å². The van der Waals surface area contributed by atoms with Gasteiger partial charge in [-0.1, -0.05) is 48.5 Å². The molecule has 0 spiro atoms. The number of aromatic nitrogens is 1. The van der Waals surface area contributed by atoms with E-state index in [9.17, 15) is 4.39 Å². The Morgan fingerprint density at radius 2 is 1.60 bits per heavy atom. The van der Waals surface area contributed by atoms with E-state index in [-0.39, 0.29) is 5.75 Å². The van der Waals surface area contributed by atoms with Gasteiger partial charge in [-0.25, -0.2) is 9.37 Å². The van der Waals surface area contributed by atoms with Gasteiger partial charge in [-0.15, -0.1) is 0 Å². The predicted molar refractivity (Wildman–Crippen MR) is 76.1 cm³/mol. The van der Waals surface area contributed by atoms with Crippen molar-refractivity contribution in [1.29, 1.82) is 0 Å². The Morgan fingerprint density at radius 1 is 0.800 bits per heavy atom. The van der Waals surface area contributed by atoms with Crippen molar-refractivity contribution in [3.05, 3.63) is 78.7 Å². The molecule has 3 heteroatoms. The molecule has 0 aliphatic rings. The molecule has 1 aromatic heterocycles. The van der Waals surface area contributed by atoms with Crippen LogP contribution in [0, 0.1) is 5.82 Å². The van der Waals surface area contributed by atoms with E-state index in [1.165, 1.54) is 6.07 Å². The van der Waals surface area contributed by atoms with Crippen LogP contribution in [0.1, 0.15) is 0 Å². The van der Waals surface area contributed by atoms with Crippen molar-refractivity contribution < 1.29 is 9.13 Å². The Morgan fingerprint density at radius 3 is 2.35 bits per heavy atom. The predicted octanol–water partition coefficient (Wildman–Crippen LogP) is 4.68. The fourth-order valence-electron chi connectivity index (χ4n) is 1.97. The third-order valence-electron chi connectivity index (χ3n) is 2.90. The van der Waals surface area contributed by atoms with Gasteiger partial charge < -0.3 is 4.74 Å². The number of pyridine rings is 1. The van der Waals surface area contributed by atoms with Gasteiger partial charge >= 0.3 is 0 Å². The van der Waals surface area contributed by atoms with Crippen LogP contribution < -0.4 is 4.74 Å². The number of rotatable bonds is 3. The zero-order valence-electron chi connectivity index (χ0n) is 10.7. The summed E-state index contributed by atoms with van der Waals surface area (Å²) in [4.78, 5) is 4.06. The summed E-state index contributed by atoms with van der Waals surface area (Å²) in [6.45, 7) is 0.